The van der Waals surface area contributed by atoms with Gasteiger partial charge < -0.3 is 14.8 Å². The fourth-order valence-electron chi connectivity index (χ4n) is 4.45. The first-order valence-electron chi connectivity index (χ1n) is 13.6. The summed E-state index contributed by atoms with van der Waals surface area (Å²) in [6.07, 6.45) is 25.2. The van der Waals surface area contributed by atoms with Gasteiger partial charge in [0.1, 0.15) is 0 Å². The van der Waals surface area contributed by atoms with E-state index in [2.05, 4.69) is 25.7 Å². The third-order valence-electron chi connectivity index (χ3n) is 6.49. The first-order chi connectivity index (χ1) is 14.7. The van der Waals surface area contributed by atoms with Crippen LogP contribution in [0.3, 0.4) is 0 Å². The molecule has 0 fully saturated rings. The fourth-order valence-corrected chi connectivity index (χ4v) is 4.45. The molecule has 0 aromatic carbocycles. The van der Waals surface area contributed by atoms with Crippen LogP contribution in [0.4, 0.5) is 0 Å². The summed E-state index contributed by atoms with van der Waals surface area (Å²) >= 11 is 0. The summed E-state index contributed by atoms with van der Waals surface area (Å²) in [6, 6.07) is 0.151. The third kappa shape index (κ3) is 24.0. The molecular weight excluding hydrogens is 409 g/mol. The van der Waals surface area contributed by atoms with Gasteiger partial charge in [-0.2, -0.15) is 0 Å². The summed E-state index contributed by atoms with van der Waals surface area (Å²) in [5.41, 5.74) is 0. The van der Waals surface area contributed by atoms with Gasteiger partial charge in [-0.1, -0.05) is 124 Å². The Morgan fingerprint density at radius 3 is 1.23 bits per heavy atom. The molecule has 0 aliphatic carbocycles. The number of carbonyl (C=O) groups is 1. The number of hydrogen-bond acceptors (Lipinski definition) is 3. The Balaban J connectivity index is 0. The first kappa shape index (κ1) is 34.2. The molecule has 4 heteroatoms. The molecule has 0 aromatic rings. The number of carbonyl (C=O) groups excluding carboxylic acids is 1. The van der Waals surface area contributed by atoms with Crippen molar-refractivity contribution in [2.75, 3.05) is 13.1 Å². The van der Waals surface area contributed by atoms with Crippen LogP contribution in [-0.2, 0) is 4.79 Å². The molecule has 0 saturated carbocycles. The summed E-state index contributed by atoms with van der Waals surface area (Å²) in [7, 11) is 0. The van der Waals surface area contributed by atoms with Crippen molar-refractivity contribution in [2.45, 2.75) is 155 Å². The standard InChI is InChI=1S/C27H55NO2.K/c1-4-7-9-11-13-15-17-19-21-23-28(26(6-3)25-27(29)30)24-22-20-18-16-14-12-10-8-5-2;/h26H,4-25H2,1-3H3,(H,29,30);/q;+1/p-1. The Hall–Kier alpha value is 1.07. The third-order valence-corrected chi connectivity index (χ3v) is 6.49. The fraction of sp³-hybridized carbons (Fsp3) is 0.963. The summed E-state index contributed by atoms with van der Waals surface area (Å²) in [5.74, 6) is -0.897. The van der Waals surface area contributed by atoms with E-state index in [1.54, 1.807) is 0 Å². The van der Waals surface area contributed by atoms with Gasteiger partial charge in [-0.3, -0.25) is 0 Å². The van der Waals surface area contributed by atoms with Crippen LogP contribution in [0.5, 0.6) is 0 Å². The van der Waals surface area contributed by atoms with E-state index in [0.717, 1.165) is 19.5 Å². The molecule has 0 N–H and O–H groups in total. The molecule has 180 valence electrons. The van der Waals surface area contributed by atoms with E-state index in [9.17, 15) is 9.90 Å². The average molecular weight is 464 g/mol. The van der Waals surface area contributed by atoms with Gasteiger partial charge in [0.05, 0.1) is 0 Å². The molecule has 1 unspecified atom stereocenters. The van der Waals surface area contributed by atoms with Crippen LogP contribution < -0.4 is 56.5 Å². The Labute approximate surface area is 238 Å². The number of rotatable bonds is 24. The van der Waals surface area contributed by atoms with Crippen molar-refractivity contribution in [1.29, 1.82) is 0 Å². The summed E-state index contributed by atoms with van der Waals surface area (Å²) < 4.78 is 0. The molecule has 0 saturated heterocycles. The van der Waals surface area contributed by atoms with Gasteiger partial charge in [0.25, 0.3) is 0 Å². The van der Waals surface area contributed by atoms with Crippen LogP contribution >= 0.6 is 0 Å². The average Bonchev–Trinajstić information content (AvgIpc) is 2.73. The molecule has 0 rings (SSSR count). The molecule has 0 heterocycles. The first-order valence-corrected chi connectivity index (χ1v) is 13.6. The predicted octanol–water partition coefficient (Wildman–Crippen LogP) is 4.27. The van der Waals surface area contributed by atoms with Gasteiger partial charge >= 0.3 is 51.4 Å². The molecule has 1 atom stereocenters. The molecule has 3 nitrogen and oxygen atoms in total. The van der Waals surface area contributed by atoms with E-state index >= 15 is 0 Å². The second kappa shape index (κ2) is 27.3. The van der Waals surface area contributed by atoms with Crippen LogP contribution in [0, 0.1) is 0 Å². The number of hydrogen-bond donors (Lipinski definition) is 0. The van der Waals surface area contributed by atoms with Crippen molar-refractivity contribution in [3.8, 4) is 0 Å². The maximum absolute atomic E-state index is 11.2. The maximum Gasteiger partial charge on any atom is 1.00 e. The van der Waals surface area contributed by atoms with Gasteiger partial charge in [0.15, 0.2) is 0 Å². The second-order valence-corrected chi connectivity index (χ2v) is 9.33. The number of aliphatic carboxylic acids is 1. The largest absolute Gasteiger partial charge is 1.00 e. The van der Waals surface area contributed by atoms with E-state index < -0.39 is 5.97 Å². The summed E-state index contributed by atoms with van der Waals surface area (Å²) in [6.45, 7) is 8.76. The Morgan fingerprint density at radius 2 is 0.935 bits per heavy atom. The normalized spacial score (nSPS) is 12.1. The van der Waals surface area contributed by atoms with Gasteiger partial charge in [-0.05, 0) is 32.4 Å². The molecule has 0 aliphatic heterocycles. The number of carboxylic acid groups (broad SMARTS) is 1. The van der Waals surface area contributed by atoms with Crippen LogP contribution in [0.1, 0.15) is 149 Å². The molecule has 0 aliphatic rings. The Bertz CT molecular complexity index is 343. The van der Waals surface area contributed by atoms with Gasteiger partial charge in [-0.15, -0.1) is 0 Å². The minimum absolute atomic E-state index is 0. The molecule has 0 aromatic heterocycles. The van der Waals surface area contributed by atoms with Gasteiger partial charge in [0.2, 0.25) is 0 Å². The van der Waals surface area contributed by atoms with Crippen LogP contribution in [0.15, 0.2) is 0 Å². The van der Waals surface area contributed by atoms with Gasteiger partial charge in [-0.25, -0.2) is 0 Å². The monoisotopic (exact) mass is 463 g/mol. The van der Waals surface area contributed by atoms with E-state index in [1.165, 1.54) is 116 Å². The van der Waals surface area contributed by atoms with Crippen LogP contribution in [-0.4, -0.2) is 30.0 Å². The minimum Gasteiger partial charge on any atom is -0.550 e. The van der Waals surface area contributed by atoms with Crippen LogP contribution in [0.2, 0.25) is 0 Å². The molecule has 0 amide bonds. The van der Waals surface area contributed by atoms with Crippen molar-refractivity contribution < 1.29 is 61.3 Å². The van der Waals surface area contributed by atoms with Crippen molar-refractivity contribution in [1.82, 2.24) is 4.90 Å². The zero-order valence-electron chi connectivity index (χ0n) is 21.9. The molecule has 31 heavy (non-hydrogen) atoms. The predicted molar refractivity (Wildman–Crippen MR) is 130 cm³/mol. The molecular formula is C27H54KNO2. The SMILES string of the molecule is CCCCCCCCCCCN(CCCCCCCCCCC)C(CC)CC(=O)[O-].[K+]. The zero-order chi connectivity index (χ0) is 22.3. The minimum atomic E-state index is -0.897. The number of nitrogens with zero attached hydrogens (tertiary/aromatic N) is 1. The molecule has 0 radical (unpaired) electrons. The quantitative estimate of drug-likeness (QED) is 0.159. The number of unbranched alkanes of at least 4 members (excludes halogenated alkanes) is 16. The van der Waals surface area contributed by atoms with E-state index in [0.29, 0.717) is 0 Å². The van der Waals surface area contributed by atoms with E-state index in [-0.39, 0.29) is 63.8 Å². The zero-order valence-corrected chi connectivity index (χ0v) is 25.0. The smallest absolute Gasteiger partial charge is 0.550 e. The molecule has 0 spiro atoms. The van der Waals surface area contributed by atoms with Crippen molar-refractivity contribution >= 4 is 5.97 Å². The van der Waals surface area contributed by atoms with Gasteiger partial charge in [0, 0.05) is 18.4 Å². The summed E-state index contributed by atoms with van der Waals surface area (Å²) in [4.78, 5) is 13.6. The Morgan fingerprint density at radius 1 is 0.613 bits per heavy atom. The topological polar surface area (TPSA) is 43.4 Å². The van der Waals surface area contributed by atoms with Crippen molar-refractivity contribution in [3.05, 3.63) is 0 Å². The molecule has 0 bridgehead atoms. The van der Waals surface area contributed by atoms with Crippen molar-refractivity contribution in [2.24, 2.45) is 0 Å². The van der Waals surface area contributed by atoms with E-state index in [1.807, 2.05) is 0 Å². The maximum atomic E-state index is 11.2. The van der Waals surface area contributed by atoms with E-state index in [4.69, 9.17) is 0 Å². The van der Waals surface area contributed by atoms with Crippen LogP contribution in [0.25, 0.3) is 0 Å². The number of carboxylic acids is 1. The Kier molecular flexibility index (Phi) is 30.2. The van der Waals surface area contributed by atoms with Crippen molar-refractivity contribution in [3.63, 3.8) is 0 Å². The second-order valence-electron chi connectivity index (χ2n) is 9.33. The summed E-state index contributed by atoms with van der Waals surface area (Å²) in [5, 5.41) is 11.2.